The van der Waals surface area contributed by atoms with Crippen LogP contribution in [0.3, 0.4) is 0 Å². The van der Waals surface area contributed by atoms with E-state index in [4.69, 9.17) is 27.9 Å². The molecule has 0 saturated heterocycles. The monoisotopic (exact) mass is 291 g/mol. The molecular formula is C12H19Cl2N3O. The first-order valence-electron chi connectivity index (χ1n) is 5.97. The van der Waals surface area contributed by atoms with Crippen LogP contribution < -0.4 is 10.1 Å². The Morgan fingerprint density at radius 1 is 1.28 bits per heavy atom. The van der Waals surface area contributed by atoms with Gasteiger partial charge in [0, 0.05) is 11.8 Å². The number of hydrogen-bond acceptors (Lipinski definition) is 4. The molecule has 1 N–H and O–H groups in total. The minimum atomic E-state index is -0.355. The second-order valence-electron chi connectivity index (χ2n) is 4.11. The molecule has 0 bridgehead atoms. The molecule has 0 aromatic carbocycles. The van der Waals surface area contributed by atoms with Crippen LogP contribution in [-0.4, -0.2) is 33.9 Å². The number of aromatic nitrogens is 2. The van der Waals surface area contributed by atoms with Gasteiger partial charge < -0.3 is 10.1 Å². The number of halogens is 2. The van der Waals surface area contributed by atoms with Crippen molar-refractivity contribution in [1.29, 1.82) is 0 Å². The average molecular weight is 292 g/mol. The standard InChI is InChI=1S/C12H19Cl2N3O/c1-4-12(6-13,7-14)17-10-9(3)11(18-5-2)16-8-15-10/h8H,4-7H2,1-3H3,(H,15,16,17). The van der Waals surface area contributed by atoms with Crippen molar-refractivity contribution in [3.63, 3.8) is 0 Å². The second-order valence-corrected chi connectivity index (χ2v) is 4.65. The minimum Gasteiger partial charge on any atom is -0.478 e. The van der Waals surface area contributed by atoms with E-state index in [1.165, 1.54) is 6.33 Å². The summed E-state index contributed by atoms with van der Waals surface area (Å²) in [4.78, 5) is 8.33. The van der Waals surface area contributed by atoms with E-state index in [9.17, 15) is 0 Å². The summed E-state index contributed by atoms with van der Waals surface area (Å²) in [7, 11) is 0. The number of nitrogens with zero attached hydrogens (tertiary/aromatic N) is 2. The maximum atomic E-state index is 6.01. The van der Waals surface area contributed by atoms with E-state index in [0.717, 1.165) is 17.8 Å². The van der Waals surface area contributed by atoms with E-state index in [1.807, 2.05) is 20.8 Å². The van der Waals surface area contributed by atoms with Gasteiger partial charge in [0.15, 0.2) is 0 Å². The Balaban J connectivity index is 2.99. The summed E-state index contributed by atoms with van der Waals surface area (Å²) >= 11 is 12.0. The fourth-order valence-corrected chi connectivity index (χ4v) is 2.27. The molecule has 6 heteroatoms. The summed E-state index contributed by atoms with van der Waals surface area (Å²) in [6.45, 7) is 6.44. The lowest BCUT2D eigenvalue weighted by atomic mass is 10.0. The van der Waals surface area contributed by atoms with Gasteiger partial charge in [0.2, 0.25) is 5.88 Å². The van der Waals surface area contributed by atoms with Gasteiger partial charge in [0.25, 0.3) is 0 Å². The molecule has 0 spiro atoms. The molecule has 0 aliphatic carbocycles. The first-order chi connectivity index (χ1) is 8.62. The Hall–Kier alpha value is -0.740. The summed E-state index contributed by atoms with van der Waals surface area (Å²) in [5.41, 5.74) is 0.513. The van der Waals surface area contributed by atoms with Crippen molar-refractivity contribution in [3.05, 3.63) is 11.9 Å². The van der Waals surface area contributed by atoms with Crippen molar-refractivity contribution in [2.45, 2.75) is 32.7 Å². The molecule has 0 atom stereocenters. The number of nitrogens with one attached hydrogen (secondary N) is 1. The Bertz CT molecular complexity index is 375. The first kappa shape index (κ1) is 15.3. The van der Waals surface area contributed by atoms with Crippen LogP contribution in [0.15, 0.2) is 6.33 Å². The van der Waals surface area contributed by atoms with Crippen molar-refractivity contribution in [2.24, 2.45) is 0 Å². The van der Waals surface area contributed by atoms with E-state index in [-0.39, 0.29) is 5.54 Å². The van der Waals surface area contributed by atoms with Crippen LogP contribution >= 0.6 is 23.2 Å². The number of anilines is 1. The van der Waals surface area contributed by atoms with Crippen molar-refractivity contribution in [1.82, 2.24) is 9.97 Å². The topological polar surface area (TPSA) is 47.0 Å². The van der Waals surface area contributed by atoms with Crippen molar-refractivity contribution >= 4 is 29.0 Å². The molecule has 102 valence electrons. The van der Waals surface area contributed by atoms with Gasteiger partial charge in [0.05, 0.1) is 17.7 Å². The van der Waals surface area contributed by atoms with E-state index in [1.54, 1.807) is 0 Å². The fraction of sp³-hybridized carbons (Fsp3) is 0.667. The molecule has 0 fully saturated rings. The maximum absolute atomic E-state index is 6.01. The second kappa shape index (κ2) is 7.00. The van der Waals surface area contributed by atoms with Gasteiger partial charge in [0.1, 0.15) is 12.1 Å². The third-order valence-electron chi connectivity index (χ3n) is 2.89. The highest BCUT2D eigenvalue weighted by Gasteiger charge is 2.27. The molecule has 0 aliphatic heterocycles. The maximum Gasteiger partial charge on any atom is 0.221 e. The lowest BCUT2D eigenvalue weighted by molar-refractivity contribution is 0.323. The van der Waals surface area contributed by atoms with Gasteiger partial charge >= 0.3 is 0 Å². The molecule has 0 amide bonds. The average Bonchev–Trinajstić information content (AvgIpc) is 2.41. The van der Waals surface area contributed by atoms with E-state index >= 15 is 0 Å². The Morgan fingerprint density at radius 3 is 2.44 bits per heavy atom. The summed E-state index contributed by atoms with van der Waals surface area (Å²) in [6, 6.07) is 0. The van der Waals surface area contributed by atoms with E-state index in [2.05, 4.69) is 15.3 Å². The van der Waals surface area contributed by atoms with Gasteiger partial charge in [-0.3, -0.25) is 0 Å². The number of ether oxygens (including phenoxy) is 1. The van der Waals surface area contributed by atoms with Crippen LogP contribution in [0.2, 0.25) is 0 Å². The predicted octanol–water partition coefficient (Wildman–Crippen LogP) is 3.22. The largest absolute Gasteiger partial charge is 0.478 e. The van der Waals surface area contributed by atoms with E-state index in [0.29, 0.717) is 24.2 Å². The predicted molar refractivity (Wildman–Crippen MR) is 76.0 cm³/mol. The van der Waals surface area contributed by atoms with Gasteiger partial charge in [-0.2, -0.15) is 0 Å². The zero-order chi connectivity index (χ0) is 13.6. The molecule has 0 saturated carbocycles. The van der Waals surface area contributed by atoms with Gasteiger partial charge in [-0.15, -0.1) is 23.2 Å². The molecular weight excluding hydrogens is 273 g/mol. The molecule has 18 heavy (non-hydrogen) atoms. The molecule has 0 unspecified atom stereocenters. The van der Waals surface area contributed by atoms with Gasteiger partial charge in [-0.1, -0.05) is 6.92 Å². The fourth-order valence-electron chi connectivity index (χ4n) is 1.47. The third kappa shape index (κ3) is 3.39. The molecule has 4 nitrogen and oxygen atoms in total. The Kier molecular flexibility index (Phi) is 5.96. The van der Waals surface area contributed by atoms with Crippen LogP contribution in [-0.2, 0) is 0 Å². The molecule has 0 radical (unpaired) electrons. The van der Waals surface area contributed by atoms with Gasteiger partial charge in [-0.05, 0) is 20.3 Å². The molecule has 0 aliphatic rings. The quantitative estimate of drug-likeness (QED) is 0.784. The third-order valence-corrected chi connectivity index (χ3v) is 3.91. The molecule has 1 aromatic rings. The molecule has 1 rings (SSSR count). The smallest absolute Gasteiger partial charge is 0.221 e. The summed E-state index contributed by atoms with van der Waals surface area (Å²) < 4.78 is 5.44. The molecule has 1 aromatic heterocycles. The Labute approximate surface area is 118 Å². The summed E-state index contributed by atoms with van der Waals surface area (Å²) in [5, 5.41) is 3.31. The Morgan fingerprint density at radius 2 is 1.94 bits per heavy atom. The number of rotatable bonds is 7. The van der Waals surface area contributed by atoms with Crippen LogP contribution in [0.4, 0.5) is 5.82 Å². The molecule has 1 heterocycles. The first-order valence-corrected chi connectivity index (χ1v) is 7.03. The highest BCUT2D eigenvalue weighted by molar-refractivity contribution is 6.22. The normalized spacial score (nSPS) is 11.4. The van der Waals surface area contributed by atoms with Crippen LogP contribution in [0.5, 0.6) is 5.88 Å². The van der Waals surface area contributed by atoms with Crippen molar-refractivity contribution in [2.75, 3.05) is 23.7 Å². The zero-order valence-electron chi connectivity index (χ0n) is 11.0. The number of alkyl halides is 2. The summed E-state index contributed by atoms with van der Waals surface area (Å²) in [5.74, 6) is 2.14. The van der Waals surface area contributed by atoms with Crippen molar-refractivity contribution < 1.29 is 4.74 Å². The van der Waals surface area contributed by atoms with Crippen LogP contribution in [0.1, 0.15) is 25.8 Å². The van der Waals surface area contributed by atoms with E-state index < -0.39 is 0 Å². The summed E-state index contributed by atoms with van der Waals surface area (Å²) in [6.07, 6.45) is 2.29. The van der Waals surface area contributed by atoms with Crippen molar-refractivity contribution in [3.8, 4) is 5.88 Å². The van der Waals surface area contributed by atoms with Crippen LogP contribution in [0, 0.1) is 6.92 Å². The van der Waals surface area contributed by atoms with Crippen LogP contribution in [0.25, 0.3) is 0 Å². The lowest BCUT2D eigenvalue weighted by Crippen LogP contribution is -2.42. The minimum absolute atomic E-state index is 0.355. The SMILES string of the molecule is CCOc1ncnc(NC(CC)(CCl)CCl)c1C. The lowest BCUT2D eigenvalue weighted by Gasteiger charge is -2.30. The highest BCUT2D eigenvalue weighted by Crippen LogP contribution is 2.26. The zero-order valence-corrected chi connectivity index (χ0v) is 12.5. The highest BCUT2D eigenvalue weighted by atomic mass is 35.5. The van der Waals surface area contributed by atoms with Gasteiger partial charge in [-0.25, -0.2) is 9.97 Å². The number of hydrogen-bond donors (Lipinski definition) is 1.